The number of allylic oxidation sites excluding steroid dienone is 1. The second-order valence-electron chi connectivity index (χ2n) is 8.84. The third kappa shape index (κ3) is 9.08. The van der Waals surface area contributed by atoms with Crippen LogP contribution in [0.2, 0.25) is 0 Å². The third-order valence-corrected chi connectivity index (χ3v) is 6.09. The van der Waals surface area contributed by atoms with Crippen molar-refractivity contribution in [2.75, 3.05) is 0 Å². The molecule has 6 aromatic rings. The van der Waals surface area contributed by atoms with E-state index in [0.29, 0.717) is 0 Å². The maximum absolute atomic E-state index is 3.72. The first-order chi connectivity index (χ1) is 18.7. The summed E-state index contributed by atoms with van der Waals surface area (Å²) in [6.45, 7) is 5.69. The van der Waals surface area contributed by atoms with Crippen LogP contribution in [0.5, 0.6) is 0 Å². The molecule has 0 radical (unpaired) electrons. The fourth-order valence-corrected chi connectivity index (χ4v) is 4.25. The molecule has 1 aliphatic rings. The Hall–Kier alpha value is -3.97. The minimum absolute atomic E-state index is 0. The number of benzene rings is 5. The van der Waals surface area contributed by atoms with E-state index < -0.39 is 0 Å². The summed E-state index contributed by atoms with van der Waals surface area (Å²) in [4.78, 5) is 0. The predicted octanol–water partition coefficient (Wildman–Crippen LogP) is 9.90. The molecule has 1 aliphatic carbocycles. The van der Waals surface area contributed by atoms with Gasteiger partial charge in [0.05, 0.1) is 0 Å². The Labute approximate surface area is 248 Å². The van der Waals surface area contributed by atoms with Crippen LogP contribution in [0.15, 0.2) is 152 Å². The Kier molecular flexibility index (Phi) is 12.2. The summed E-state index contributed by atoms with van der Waals surface area (Å²) in [5.74, 6) is 0. The molecule has 0 unspecified atom stereocenters. The molecule has 0 N–H and O–H groups in total. The molecule has 0 fully saturated rings. The fraction of sp³-hybridized carbons (Fsp3) is 0.0526. The van der Waals surface area contributed by atoms with Crippen molar-refractivity contribution in [3.63, 3.8) is 0 Å². The standard InChI is InChI=1S/C13H9.C9H7.C9H9.C7H7.Ti/c1-3-7-12-10(5-1)9-11-6-2-4-8-13(11)12;1-2-5-9-7-3-6-8(9)4-1;1-2-6-9-7-4-3-5-8-9;1-7-5-3-2-4-6-7;/h1-5,7-8H,9H2;1-7H;2-5,7-8H,1H3;2-6H,1H2;/q4*-1;+4. The fourth-order valence-electron chi connectivity index (χ4n) is 4.25. The van der Waals surface area contributed by atoms with Gasteiger partial charge < -0.3 is 0 Å². The van der Waals surface area contributed by atoms with E-state index >= 15 is 0 Å². The summed E-state index contributed by atoms with van der Waals surface area (Å²) >= 11 is 0. The van der Waals surface area contributed by atoms with E-state index in [2.05, 4.69) is 97.9 Å². The van der Waals surface area contributed by atoms with E-state index in [-0.39, 0.29) is 21.7 Å². The first-order valence-corrected chi connectivity index (χ1v) is 12.9. The van der Waals surface area contributed by atoms with Crippen molar-refractivity contribution in [2.24, 2.45) is 0 Å². The maximum atomic E-state index is 3.72. The summed E-state index contributed by atoms with van der Waals surface area (Å²) in [5.41, 5.74) is 7.72. The van der Waals surface area contributed by atoms with Crippen LogP contribution in [0.3, 0.4) is 0 Å². The molecule has 0 saturated heterocycles. The Bertz CT molecular complexity index is 1470. The molecule has 0 atom stereocenters. The van der Waals surface area contributed by atoms with Gasteiger partial charge >= 0.3 is 21.7 Å². The first kappa shape index (κ1) is 29.6. The van der Waals surface area contributed by atoms with Gasteiger partial charge in [0.2, 0.25) is 0 Å². The second kappa shape index (κ2) is 16.1. The van der Waals surface area contributed by atoms with Gasteiger partial charge in [0.15, 0.2) is 0 Å². The zero-order valence-electron chi connectivity index (χ0n) is 22.3. The third-order valence-electron chi connectivity index (χ3n) is 6.09. The molecule has 1 heteroatoms. The van der Waals surface area contributed by atoms with Crippen LogP contribution >= 0.6 is 0 Å². The van der Waals surface area contributed by atoms with Gasteiger partial charge in [0.1, 0.15) is 0 Å². The zero-order valence-corrected chi connectivity index (χ0v) is 23.9. The average molecular weight is 537 g/mol. The van der Waals surface area contributed by atoms with Crippen LogP contribution < -0.4 is 0 Å². The quantitative estimate of drug-likeness (QED) is 0.145. The minimum atomic E-state index is 0. The van der Waals surface area contributed by atoms with Gasteiger partial charge in [-0.1, -0.05) is 60.5 Å². The summed E-state index contributed by atoms with van der Waals surface area (Å²) < 4.78 is 0. The van der Waals surface area contributed by atoms with Gasteiger partial charge in [-0.05, 0) is 6.42 Å². The van der Waals surface area contributed by atoms with Gasteiger partial charge in [-0.3, -0.25) is 0 Å². The van der Waals surface area contributed by atoms with Gasteiger partial charge in [-0.2, -0.15) is 95.7 Å². The monoisotopic (exact) mass is 536 g/mol. The number of hydrogen-bond acceptors (Lipinski definition) is 0. The van der Waals surface area contributed by atoms with Crippen LogP contribution in [0.25, 0.3) is 21.9 Å². The van der Waals surface area contributed by atoms with Crippen molar-refractivity contribution < 1.29 is 21.7 Å². The van der Waals surface area contributed by atoms with Gasteiger partial charge in [0, 0.05) is 0 Å². The Balaban J connectivity index is 0.000000146. The summed E-state index contributed by atoms with van der Waals surface area (Å²) in [6, 6.07) is 52.7. The SMILES string of the molecule is CC=[C-]c1ccccc1.[CH2-]c1ccccc1.[Ti+4].[c-]1cccc2c1Cc1ccccc1-2.c1ccc2[cH-]ccc2c1. The normalized spacial score (nSPS) is 10.4. The largest absolute Gasteiger partial charge is 4.00 e. The van der Waals surface area contributed by atoms with Crippen molar-refractivity contribution in [3.8, 4) is 11.1 Å². The van der Waals surface area contributed by atoms with E-state index in [1.54, 1.807) is 0 Å². The Morgan fingerprint density at radius 2 is 1.36 bits per heavy atom. The molecule has 0 nitrogen and oxygen atoms in total. The first-order valence-electron chi connectivity index (χ1n) is 12.9. The number of fused-ring (bicyclic) bond motifs is 4. The molecule has 0 heterocycles. The molecule has 6 aromatic carbocycles. The Morgan fingerprint density at radius 1 is 0.718 bits per heavy atom. The average Bonchev–Trinajstić information content (AvgIpc) is 3.60. The van der Waals surface area contributed by atoms with Gasteiger partial charge in [0.25, 0.3) is 0 Å². The Morgan fingerprint density at radius 3 is 2.05 bits per heavy atom. The van der Waals surface area contributed by atoms with Crippen molar-refractivity contribution in [1.82, 2.24) is 0 Å². The van der Waals surface area contributed by atoms with E-state index in [0.717, 1.165) is 17.5 Å². The number of hydrogen-bond donors (Lipinski definition) is 0. The predicted molar refractivity (Wildman–Crippen MR) is 163 cm³/mol. The maximum Gasteiger partial charge on any atom is 4.00 e. The van der Waals surface area contributed by atoms with Gasteiger partial charge in [-0.15, -0.1) is 65.6 Å². The minimum Gasteiger partial charge on any atom is -0.199 e. The summed E-state index contributed by atoms with van der Waals surface area (Å²) in [7, 11) is 0. The molecule has 0 amide bonds. The van der Waals surface area contributed by atoms with E-state index in [1.807, 2.05) is 79.7 Å². The van der Waals surface area contributed by atoms with Gasteiger partial charge in [-0.25, -0.2) is 0 Å². The van der Waals surface area contributed by atoms with Crippen molar-refractivity contribution in [3.05, 3.63) is 193 Å². The molecule has 188 valence electrons. The molecule has 0 spiro atoms. The van der Waals surface area contributed by atoms with Crippen LogP contribution in [0, 0.1) is 19.1 Å². The van der Waals surface area contributed by atoms with Crippen molar-refractivity contribution in [1.29, 1.82) is 0 Å². The van der Waals surface area contributed by atoms with Crippen LogP contribution in [0.1, 0.15) is 29.2 Å². The van der Waals surface area contributed by atoms with Crippen molar-refractivity contribution in [2.45, 2.75) is 13.3 Å². The topological polar surface area (TPSA) is 0 Å². The molecular weight excluding hydrogens is 504 g/mol. The van der Waals surface area contributed by atoms with Crippen LogP contribution in [0.4, 0.5) is 0 Å². The molecule has 0 saturated carbocycles. The zero-order chi connectivity index (χ0) is 26.4. The van der Waals surface area contributed by atoms with Crippen molar-refractivity contribution >= 4 is 10.8 Å². The summed E-state index contributed by atoms with van der Waals surface area (Å²) in [5, 5.41) is 2.66. The molecule has 39 heavy (non-hydrogen) atoms. The molecule has 0 aliphatic heterocycles. The second-order valence-corrected chi connectivity index (χ2v) is 8.84. The van der Waals surface area contributed by atoms with Crippen LogP contribution in [-0.4, -0.2) is 0 Å². The summed E-state index contributed by atoms with van der Waals surface area (Å²) in [6.07, 6.45) is 6.04. The number of rotatable bonds is 1. The van der Waals surface area contributed by atoms with E-state index in [4.69, 9.17) is 0 Å². The molecule has 7 rings (SSSR count). The van der Waals surface area contributed by atoms with Crippen LogP contribution in [-0.2, 0) is 28.1 Å². The van der Waals surface area contributed by atoms with E-state index in [1.165, 1.54) is 33.0 Å². The van der Waals surface area contributed by atoms with E-state index in [9.17, 15) is 0 Å². The molecular formula is C38H32Ti. The smallest absolute Gasteiger partial charge is 0.199 e. The molecule has 0 bridgehead atoms. The molecule has 0 aromatic heterocycles.